The number of carbonyl (C=O) groups excluding carboxylic acids is 2. The summed E-state index contributed by atoms with van der Waals surface area (Å²) in [6.07, 6.45) is 0.570. The third-order valence-corrected chi connectivity index (χ3v) is 6.88. The molecule has 160 valence electrons. The summed E-state index contributed by atoms with van der Waals surface area (Å²) in [4.78, 5) is 25.8. The minimum atomic E-state index is -3.88. The molecule has 0 aliphatic carbocycles. The molecule has 0 saturated heterocycles. The zero-order valence-corrected chi connectivity index (χ0v) is 17.9. The Morgan fingerprint density at radius 1 is 1.20 bits per heavy atom. The molecule has 0 bridgehead atoms. The van der Waals surface area contributed by atoms with Gasteiger partial charge in [-0.1, -0.05) is 12.1 Å². The molecule has 9 heteroatoms. The molecule has 2 amide bonds. The molecule has 2 aromatic carbocycles. The summed E-state index contributed by atoms with van der Waals surface area (Å²) in [5.41, 5.74) is 2.21. The van der Waals surface area contributed by atoms with Crippen LogP contribution >= 0.6 is 0 Å². The van der Waals surface area contributed by atoms with Crippen molar-refractivity contribution in [2.24, 2.45) is 0 Å². The van der Waals surface area contributed by atoms with Crippen molar-refractivity contribution in [1.82, 2.24) is 9.62 Å². The van der Waals surface area contributed by atoms with Crippen LogP contribution in [-0.4, -0.2) is 44.2 Å². The average Bonchev–Trinajstić information content (AvgIpc) is 3.02. The van der Waals surface area contributed by atoms with Crippen LogP contribution in [0.15, 0.2) is 47.4 Å². The molecule has 2 aromatic rings. The molecular formula is C21H24FN3O4S. The van der Waals surface area contributed by atoms with E-state index in [0.717, 1.165) is 9.87 Å². The van der Waals surface area contributed by atoms with Crippen molar-refractivity contribution in [3.8, 4) is 0 Å². The average molecular weight is 434 g/mol. The molecule has 1 aliphatic rings. The summed E-state index contributed by atoms with van der Waals surface area (Å²) < 4.78 is 39.7. The van der Waals surface area contributed by atoms with E-state index in [1.807, 2.05) is 6.92 Å². The van der Waals surface area contributed by atoms with Gasteiger partial charge in [0.2, 0.25) is 21.8 Å². The Kier molecular flexibility index (Phi) is 6.23. The number of carbonyl (C=O) groups is 2. The van der Waals surface area contributed by atoms with Crippen LogP contribution in [0.2, 0.25) is 0 Å². The van der Waals surface area contributed by atoms with E-state index in [-0.39, 0.29) is 35.8 Å². The zero-order valence-electron chi connectivity index (χ0n) is 17.1. The molecule has 30 heavy (non-hydrogen) atoms. The van der Waals surface area contributed by atoms with Crippen molar-refractivity contribution in [1.29, 1.82) is 0 Å². The van der Waals surface area contributed by atoms with Crippen molar-refractivity contribution >= 4 is 27.5 Å². The highest BCUT2D eigenvalue weighted by Crippen LogP contribution is 2.34. The van der Waals surface area contributed by atoms with E-state index < -0.39 is 15.9 Å². The Hall–Kier alpha value is -2.78. The first-order valence-corrected chi connectivity index (χ1v) is 10.9. The fourth-order valence-electron chi connectivity index (χ4n) is 3.57. The lowest BCUT2D eigenvalue weighted by Gasteiger charge is -2.21. The third-order valence-electron chi connectivity index (χ3n) is 5.08. The van der Waals surface area contributed by atoms with Crippen LogP contribution in [0.25, 0.3) is 0 Å². The molecular weight excluding hydrogens is 409 g/mol. The number of rotatable bonds is 6. The van der Waals surface area contributed by atoms with Crippen LogP contribution in [0, 0.1) is 5.82 Å². The van der Waals surface area contributed by atoms with Crippen molar-refractivity contribution in [2.45, 2.75) is 37.8 Å². The van der Waals surface area contributed by atoms with Gasteiger partial charge in [0.15, 0.2) is 0 Å². The van der Waals surface area contributed by atoms with Gasteiger partial charge in [-0.3, -0.25) is 9.59 Å². The number of amides is 2. The summed E-state index contributed by atoms with van der Waals surface area (Å²) in [6.45, 7) is 3.21. The maximum atomic E-state index is 12.9. The van der Waals surface area contributed by atoms with E-state index in [4.69, 9.17) is 0 Å². The Morgan fingerprint density at radius 2 is 1.87 bits per heavy atom. The maximum absolute atomic E-state index is 12.9. The van der Waals surface area contributed by atoms with Gasteiger partial charge in [-0.2, -0.15) is 4.31 Å². The van der Waals surface area contributed by atoms with E-state index in [9.17, 15) is 22.4 Å². The molecule has 1 N–H and O–H groups in total. The van der Waals surface area contributed by atoms with E-state index in [1.54, 1.807) is 29.2 Å². The first-order chi connectivity index (χ1) is 14.1. The second kappa shape index (κ2) is 8.53. The monoisotopic (exact) mass is 433 g/mol. The largest absolute Gasteiger partial charge is 0.351 e. The molecule has 0 fully saturated rings. The molecule has 3 rings (SSSR count). The molecule has 0 unspecified atom stereocenters. The molecule has 0 spiro atoms. The predicted molar refractivity (Wildman–Crippen MR) is 111 cm³/mol. The van der Waals surface area contributed by atoms with Crippen LogP contribution < -0.4 is 10.2 Å². The van der Waals surface area contributed by atoms with E-state index in [2.05, 4.69) is 5.32 Å². The normalized spacial score (nSPS) is 15.9. The Balaban J connectivity index is 1.68. The molecule has 0 aromatic heterocycles. The summed E-state index contributed by atoms with van der Waals surface area (Å²) in [6, 6.07) is 10.3. The Labute approximate surface area is 175 Å². The highest BCUT2D eigenvalue weighted by atomic mass is 32.2. The van der Waals surface area contributed by atoms with Gasteiger partial charge in [0, 0.05) is 32.2 Å². The minimum Gasteiger partial charge on any atom is -0.351 e. The smallest absolute Gasteiger partial charge is 0.243 e. The fraction of sp³-hybridized carbons (Fsp3) is 0.333. The number of sulfonamides is 1. The zero-order chi connectivity index (χ0) is 22.1. The fourth-order valence-corrected chi connectivity index (χ4v) is 4.75. The standard InChI is InChI=1S/C21H24FN3O4S/c1-14-10-17-11-19(8-9-20(17)25(14)15(2)26)30(28,29)24(3)13-21(27)23-12-16-4-6-18(22)7-5-16/h4-9,11,14H,10,12-13H2,1-3H3,(H,23,27)/t14-/m0/s1. The second-order valence-corrected chi connectivity index (χ2v) is 9.44. The van der Waals surface area contributed by atoms with Crippen molar-refractivity contribution < 1.29 is 22.4 Å². The van der Waals surface area contributed by atoms with Crippen LogP contribution in [-0.2, 0) is 32.6 Å². The quantitative estimate of drug-likeness (QED) is 0.756. The van der Waals surface area contributed by atoms with Gasteiger partial charge in [-0.05, 0) is 54.8 Å². The molecule has 1 heterocycles. The molecule has 0 radical (unpaired) electrons. The van der Waals surface area contributed by atoms with Gasteiger partial charge < -0.3 is 10.2 Å². The number of hydrogen-bond acceptors (Lipinski definition) is 4. The lowest BCUT2D eigenvalue weighted by molar-refractivity contribution is -0.121. The lowest BCUT2D eigenvalue weighted by Crippen LogP contribution is -2.38. The molecule has 0 saturated carbocycles. The van der Waals surface area contributed by atoms with Gasteiger partial charge in [0.1, 0.15) is 5.82 Å². The van der Waals surface area contributed by atoms with Gasteiger partial charge in [-0.15, -0.1) is 0 Å². The molecule has 1 atom stereocenters. The Morgan fingerprint density at radius 3 is 2.50 bits per heavy atom. The van der Waals surface area contributed by atoms with Crippen molar-refractivity contribution in [3.05, 3.63) is 59.4 Å². The van der Waals surface area contributed by atoms with Gasteiger partial charge in [-0.25, -0.2) is 12.8 Å². The minimum absolute atomic E-state index is 0.0366. The van der Waals surface area contributed by atoms with Gasteiger partial charge in [0.25, 0.3) is 0 Å². The van der Waals surface area contributed by atoms with Crippen molar-refractivity contribution in [2.75, 3.05) is 18.5 Å². The number of halogens is 1. The van der Waals surface area contributed by atoms with Crippen LogP contribution in [0.1, 0.15) is 25.0 Å². The lowest BCUT2D eigenvalue weighted by atomic mass is 10.1. The van der Waals surface area contributed by atoms with Crippen LogP contribution in [0.3, 0.4) is 0 Å². The van der Waals surface area contributed by atoms with E-state index in [0.29, 0.717) is 17.7 Å². The number of anilines is 1. The molecule has 1 aliphatic heterocycles. The molecule has 7 nitrogen and oxygen atoms in total. The first kappa shape index (κ1) is 21.9. The summed E-state index contributed by atoms with van der Waals surface area (Å²) in [5.74, 6) is -0.930. The summed E-state index contributed by atoms with van der Waals surface area (Å²) in [5, 5.41) is 2.63. The Bertz CT molecular complexity index is 1070. The number of hydrogen-bond donors (Lipinski definition) is 1. The van der Waals surface area contributed by atoms with Crippen molar-refractivity contribution in [3.63, 3.8) is 0 Å². The number of benzene rings is 2. The SMILES string of the molecule is CC(=O)N1c2ccc(S(=O)(=O)N(C)CC(=O)NCc3ccc(F)cc3)cc2C[C@@H]1C. The van der Waals surface area contributed by atoms with Gasteiger partial charge in [0.05, 0.1) is 11.4 Å². The van der Waals surface area contributed by atoms with Crippen LogP contribution in [0.4, 0.5) is 10.1 Å². The number of nitrogens with one attached hydrogen (secondary N) is 1. The van der Waals surface area contributed by atoms with E-state index >= 15 is 0 Å². The highest BCUT2D eigenvalue weighted by Gasteiger charge is 2.31. The third kappa shape index (κ3) is 4.52. The second-order valence-electron chi connectivity index (χ2n) is 7.40. The maximum Gasteiger partial charge on any atom is 0.243 e. The topological polar surface area (TPSA) is 86.8 Å². The van der Waals surface area contributed by atoms with Gasteiger partial charge >= 0.3 is 0 Å². The highest BCUT2D eigenvalue weighted by molar-refractivity contribution is 7.89. The number of fused-ring (bicyclic) bond motifs is 1. The summed E-state index contributed by atoms with van der Waals surface area (Å²) >= 11 is 0. The summed E-state index contributed by atoms with van der Waals surface area (Å²) in [7, 11) is -2.54. The number of likely N-dealkylation sites (N-methyl/N-ethyl adjacent to an activating group) is 1. The first-order valence-electron chi connectivity index (χ1n) is 9.50. The number of nitrogens with zero attached hydrogens (tertiary/aromatic N) is 2. The van der Waals surface area contributed by atoms with Crippen LogP contribution in [0.5, 0.6) is 0 Å². The predicted octanol–water partition coefficient (Wildman–Crippen LogP) is 2.06. The van der Waals surface area contributed by atoms with E-state index in [1.165, 1.54) is 32.2 Å².